The molecule has 2 aliphatic heterocycles. The van der Waals surface area contributed by atoms with E-state index in [0.717, 1.165) is 19.4 Å². The third-order valence-corrected chi connectivity index (χ3v) is 6.27. The van der Waals surface area contributed by atoms with Crippen LogP contribution >= 0.6 is 0 Å². The number of H-pyrrole nitrogens is 1. The summed E-state index contributed by atoms with van der Waals surface area (Å²) in [6.45, 7) is 4.06. The van der Waals surface area contributed by atoms with Crippen LogP contribution in [0.5, 0.6) is 0 Å². The van der Waals surface area contributed by atoms with Gasteiger partial charge in [-0.15, -0.1) is 0 Å². The van der Waals surface area contributed by atoms with Gasteiger partial charge in [-0.2, -0.15) is 9.40 Å². The number of carbonyl (C=O) groups is 1. The van der Waals surface area contributed by atoms with Crippen LogP contribution in [0.25, 0.3) is 0 Å². The summed E-state index contributed by atoms with van der Waals surface area (Å²) >= 11 is 0. The standard InChI is InChI=1S/C12H18N4O4S/c1-8-11(10(12(17)18)14-13-8)21(19,20)16-6-5-15-4-2-3-9(15)7-16/h9H,2-7H2,1H3,(H,13,14)(H,17,18). The first kappa shape index (κ1) is 14.5. The van der Waals surface area contributed by atoms with Crippen molar-refractivity contribution in [3.8, 4) is 0 Å². The van der Waals surface area contributed by atoms with Crippen molar-refractivity contribution < 1.29 is 18.3 Å². The van der Waals surface area contributed by atoms with E-state index in [1.165, 1.54) is 11.2 Å². The molecule has 2 N–H and O–H groups in total. The van der Waals surface area contributed by atoms with E-state index in [1.807, 2.05) is 0 Å². The first-order valence-electron chi connectivity index (χ1n) is 6.93. The van der Waals surface area contributed by atoms with E-state index in [9.17, 15) is 13.2 Å². The molecule has 0 saturated carbocycles. The topological polar surface area (TPSA) is 107 Å². The number of hydrogen-bond donors (Lipinski definition) is 2. The lowest BCUT2D eigenvalue weighted by atomic mass is 10.2. The van der Waals surface area contributed by atoms with E-state index in [2.05, 4.69) is 15.1 Å². The minimum Gasteiger partial charge on any atom is -0.476 e. The highest BCUT2D eigenvalue weighted by atomic mass is 32.2. The van der Waals surface area contributed by atoms with Crippen LogP contribution in [0.3, 0.4) is 0 Å². The maximum Gasteiger partial charge on any atom is 0.357 e. The Balaban J connectivity index is 1.94. The number of nitrogens with one attached hydrogen (secondary N) is 1. The van der Waals surface area contributed by atoms with E-state index in [0.29, 0.717) is 19.6 Å². The molecule has 0 radical (unpaired) electrons. The van der Waals surface area contributed by atoms with Gasteiger partial charge in [-0.3, -0.25) is 10.00 Å². The first-order valence-corrected chi connectivity index (χ1v) is 8.37. The Morgan fingerprint density at radius 1 is 1.38 bits per heavy atom. The normalized spacial score (nSPS) is 24.1. The highest BCUT2D eigenvalue weighted by Crippen LogP contribution is 2.28. The predicted molar refractivity (Wildman–Crippen MR) is 73.6 cm³/mol. The molecule has 3 heterocycles. The summed E-state index contributed by atoms with van der Waals surface area (Å²) < 4.78 is 26.9. The van der Waals surface area contributed by atoms with Crippen molar-refractivity contribution in [3.05, 3.63) is 11.4 Å². The molecule has 1 aromatic rings. The summed E-state index contributed by atoms with van der Waals surface area (Å²) in [6.07, 6.45) is 2.08. The molecule has 116 valence electrons. The van der Waals surface area contributed by atoms with Gasteiger partial charge in [0.2, 0.25) is 10.0 Å². The predicted octanol–water partition coefficient (Wildman–Crippen LogP) is -0.115. The lowest BCUT2D eigenvalue weighted by molar-refractivity contribution is 0.0685. The van der Waals surface area contributed by atoms with Gasteiger partial charge in [0.1, 0.15) is 4.90 Å². The molecular formula is C12H18N4O4S. The first-order chi connectivity index (χ1) is 9.91. The van der Waals surface area contributed by atoms with E-state index in [4.69, 9.17) is 5.11 Å². The summed E-state index contributed by atoms with van der Waals surface area (Å²) in [4.78, 5) is 13.3. The molecule has 0 aromatic carbocycles. The van der Waals surface area contributed by atoms with Gasteiger partial charge in [0, 0.05) is 25.7 Å². The third kappa shape index (κ3) is 2.34. The van der Waals surface area contributed by atoms with Gasteiger partial charge in [-0.05, 0) is 26.3 Å². The number of aromatic amines is 1. The van der Waals surface area contributed by atoms with E-state index >= 15 is 0 Å². The second kappa shape index (κ2) is 5.08. The summed E-state index contributed by atoms with van der Waals surface area (Å²) in [5.74, 6) is -1.34. The summed E-state index contributed by atoms with van der Waals surface area (Å²) in [6, 6.07) is 0.244. The fourth-order valence-corrected chi connectivity index (χ4v) is 4.95. The fourth-order valence-electron chi connectivity index (χ4n) is 3.19. The van der Waals surface area contributed by atoms with E-state index < -0.39 is 21.7 Å². The lowest BCUT2D eigenvalue weighted by Crippen LogP contribution is -2.52. The number of piperazine rings is 1. The Labute approximate surface area is 122 Å². The average Bonchev–Trinajstić information content (AvgIpc) is 3.03. The molecule has 2 aliphatic rings. The Hall–Kier alpha value is -1.45. The molecule has 2 saturated heterocycles. The van der Waals surface area contributed by atoms with Crippen molar-refractivity contribution in [2.24, 2.45) is 0 Å². The molecule has 3 rings (SSSR count). The summed E-state index contributed by atoms with van der Waals surface area (Å²) in [5, 5.41) is 15.2. The molecule has 0 amide bonds. The minimum absolute atomic E-state index is 0.207. The number of aryl methyl sites for hydroxylation is 1. The van der Waals surface area contributed by atoms with Crippen LogP contribution in [-0.4, -0.2) is 71.1 Å². The van der Waals surface area contributed by atoms with Crippen LogP contribution < -0.4 is 0 Å². The number of hydrogen-bond acceptors (Lipinski definition) is 5. The molecule has 1 atom stereocenters. The maximum absolute atomic E-state index is 12.8. The number of aromatic carboxylic acids is 1. The molecule has 21 heavy (non-hydrogen) atoms. The van der Waals surface area contributed by atoms with Crippen LogP contribution in [0.2, 0.25) is 0 Å². The number of fused-ring (bicyclic) bond motifs is 1. The zero-order chi connectivity index (χ0) is 15.2. The Bertz CT molecular complexity index is 669. The zero-order valence-electron chi connectivity index (χ0n) is 11.7. The van der Waals surface area contributed by atoms with Gasteiger partial charge >= 0.3 is 5.97 Å². The number of aromatic nitrogens is 2. The average molecular weight is 314 g/mol. The van der Waals surface area contributed by atoms with Crippen molar-refractivity contribution in [3.63, 3.8) is 0 Å². The second-order valence-corrected chi connectivity index (χ2v) is 7.40. The molecule has 1 aromatic heterocycles. The van der Waals surface area contributed by atoms with Crippen LogP contribution in [-0.2, 0) is 10.0 Å². The molecule has 8 nitrogen and oxygen atoms in total. The van der Waals surface area contributed by atoms with Crippen LogP contribution in [0.15, 0.2) is 4.90 Å². The van der Waals surface area contributed by atoms with E-state index in [-0.39, 0.29) is 16.6 Å². The number of sulfonamides is 1. The number of nitrogens with zero attached hydrogens (tertiary/aromatic N) is 3. The molecule has 0 spiro atoms. The minimum atomic E-state index is -3.83. The van der Waals surface area contributed by atoms with Gasteiger partial charge in [-0.1, -0.05) is 0 Å². The Morgan fingerprint density at radius 3 is 2.86 bits per heavy atom. The Kier molecular flexibility index (Phi) is 3.50. The fraction of sp³-hybridized carbons (Fsp3) is 0.667. The number of rotatable bonds is 3. The lowest BCUT2D eigenvalue weighted by Gasteiger charge is -2.36. The van der Waals surface area contributed by atoms with Crippen molar-refractivity contribution >= 4 is 16.0 Å². The highest BCUT2D eigenvalue weighted by Gasteiger charge is 2.39. The molecule has 9 heteroatoms. The van der Waals surface area contributed by atoms with Crippen molar-refractivity contribution in [1.29, 1.82) is 0 Å². The van der Waals surface area contributed by atoms with E-state index in [1.54, 1.807) is 0 Å². The number of carboxylic acids is 1. The molecule has 0 aliphatic carbocycles. The van der Waals surface area contributed by atoms with Crippen LogP contribution in [0.4, 0.5) is 0 Å². The van der Waals surface area contributed by atoms with Crippen molar-refractivity contribution in [2.45, 2.75) is 30.7 Å². The third-order valence-electron chi connectivity index (χ3n) is 4.24. The zero-order valence-corrected chi connectivity index (χ0v) is 12.6. The van der Waals surface area contributed by atoms with Crippen molar-refractivity contribution in [1.82, 2.24) is 19.4 Å². The van der Waals surface area contributed by atoms with Gasteiger partial charge in [0.25, 0.3) is 0 Å². The van der Waals surface area contributed by atoms with Gasteiger partial charge in [0.05, 0.1) is 5.69 Å². The molecule has 2 fully saturated rings. The molecule has 1 unspecified atom stereocenters. The number of carboxylic acid groups (broad SMARTS) is 1. The van der Waals surface area contributed by atoms with Gasteiger partial charge in [0.15, 0.2) is 5.69 Å². The van der Waals surface area contributed by atoms with Gasteiger partial charge in [-0.25, -0.2) is 13.2 Å². The summed E-state index contributed by atoms with van der Waals surface area (Å²) in [5.41, 5.74) is -0.164. The molecule has 0 bridgehead atoms. The second-order valence-electron chi connectivity index (χ2n) is 5.53. The monoisotopic (exact) mass is 314 g/mol. The quantitative estimate of drug-likeness (QED) is 0.806. The van der Waals surface area contributed by atoms with Crippen LogP contribution in [0, 0.1) is 6.92 Å². The molecular weight excluding hydrogens is 296 g/mol. The smallest absolute Gasteiger partial charge is 0.357 e. The van der Waals surface area contributed by atoms with Crippen molar-refractivity contribution in [2.75, 3.05) is 26.2 Å². The SMILES string of the molecule is Cc1[nH]nc(C(=O)O)c1S(=O)(=O)N1CCN2CCCC2C1. The highest BCUT2D eigenvalue weighted by molar-refractivity contribution is 7.89. The summed E-state index contributed by atoms with van der Waals surface area (Å²) in [7, 11) is -3.83. The maximum atomic E-state index is 12.8. The van der Waals surface area contributed by atoms with Gasteiger partial charge < -0.3 is 5.11 Å². The largest absolute Gasteiger partial charge is 0.476 e. The van der Waals surface area contributed by atoms with Crippen LogP contribution in [0.1, 0.15) is 29.0 Å². The Morgan fingerprint density at radius 2 is 2.14 bits per heavy atom.